The number of aromatic nitrogens is 2. The molecule has 2 rings (SSSR count). The van der Waals surface area contributed by atoms with Crippen molar-refractivity contribution in [3.05, 3.63) is 34.9 Å². The van der Waals surface area contributed by atoms with Gasteiger partial charge in [-0.2, -0.15) is 0 Å². The molecule has 18 heavy (non-hydrogen) atoms. The van der Waals surface area contributed by atoms with E-state index < -0.39 is 0 Å². The predicted molar refractivity (Wildman–Crippen MR) is 72.1 cm³/mol. The van der Waals surface area contributed by atoms with Crippen molar-refractivity contribution in [1.82, 2.24) is 9.55 Å². The van der Waals surface area contributed by atoms with Crippen LogP contribution in [0.1, 0.15) is 19.2 Å². The SMILES string of the molecule is CCCn1c(C)nc(-c2cc(F)cc(Cl)c2)c1N. The van der Waals surface area contributed by atoms with Crippen molar-refractivity contribution >= 4 is 17.4 Å². The Morgan fingerprint density at radius 1 is 1.39 bits per heavy atom. The number of nitrogens with zero attached hydrogens (tertiary/aromatic N) is 2. The summed E-state index contributed by atoms with van der Waals surface area (Å²) in [6, 6.07) is 4.32. The minimum absolute atomic E-state index is 0.340. The van der Waals surface area contributed by atoms with Crippen LogP contribution in [0.2, 0.25) is 5.02 Å². The van der Waals surface area contributed by atoms with E-state index in [4.69, 9.17) is 17.3 Å². The summed E-state index contributed by atoms with van der Waals surface area (Å²) in [6.45, 7) is 4.75. The molecular formula is C13H15ClFN3. The number of imidazole rings is 1. The summed E-state index contributed by atoms with van der Waals surface area (Å²) in [6.07, 6.45) is 0.963. The molecule has 0 bridgehead atoms. The molecule has 0 amide bonds. The second-order valence-electron chi connectivity index (χ2n) is 4.20. The van der Waals surface area contributed by atoms with E-state index in [9.17, 15) is 4.39 Å². The van der Waals surface area contributed by atoms with E-state index in [0.29, 0.717) is 22.1 Å². The van der Waals surface area contributed by atoms with Crippen LogP contribution in [0.15, 0.2) is 18.2 Å². The molecule has 2 N–H and O–H groups in total. The molecule has 0 saturated heterocycles. The summed E-state index contributed by atoms with van der Waals surface area (Å²) < 4.78 is 15.3. The third-order valence-corrected chi connectivity index (χ3v) is 3.00. The maximum absolute atomic E-state index is 13.3. The van der Waals surface area contributed by atoms with Crippen LogP contribution in [0, 0.1) is 12.7 Å². The van der Waals surface area contributed by atoms with Gasteiger partial charge in [-0.1, -0.05) is 18.5 Å². The molecule has 0 aliphatic heterocycles. The first-order chi connectivity index (χ1) is 8.52. The largest absolute Gasteiger partial charge is 0.383 e. The molecule has 0 radical (unpaired) electrons. The van der Waals surface area contributed by atoms with E-state index in [1.54, 1.807) is 6.07 Å². The fraction of sp³-hybridized carbons (Fsp3) is 0.308. The van der Waals surface area contributed by atoms with E-state index in [-0.39, 0.29) is 5.82 Å². The van der Waals surface area contributed by atoms with E-state index in [1.165, 1.54) is 12.1 Å². The van der Waals surface area contributed by atoms with Gasteiger partial charge in [0.25, 0.3) is 0 Å². The average Bonchev–Trinajstić information content (AvgIpc) is 2.56. The highest BCUT2D eigenvalue weighted by atomic mass is 35.5. The van der Waals surface area contributed by atoms with E-state index in [1.807, 2.05) is 11.5 Å². The zero-order valence-electron chi connectivity index (χ0n) is 10.4. The van der Waals surface area contributed by atoms with Gasteiger partial charge in [-0.25, -0.2) is 9.37 Å². The zero-order valence-corrected chi connectivity index (χ0v) is 11.1. The third kappa shape index (κ3) is 2.34. The molecule has 3 nitrogen and oxygen atoms in total. The molecular weight excluding hydrogens is 253 g/mol. The van der Waals surface area contributed by atoms with Gasteiger partial charge in [-0.15, -0.1) is 0 Å². The summed E-state index contributed by atoms with van der Waals surface area (Å²) in [5.74, 6) is 0.986. The molecule has 0 atom stereocenters. The summed E-state index contributed by atoms with van der Waals surface area (Å²) in [7, 11) is 0. The van der Waals surface area contributed by atoms with E-state index in [0.717, 1.165) is 18.8 Å². The molecule has 0 aliphatic rings. The molecule has 0 fully saturated rings. The highest BCUT2D eigenvalue weighted by molar-refractivity contribution is 6.30. The van der Waals surface area contributed by atoms with Gasteiger partial charge in [-0.3, -0.25) is 0 Å². The Kier molecular flexibility index (Phi) is 3.57. The van der Waals surface area contributed by atoms with Gasteiger partial charge < -0.3 is 10.3 Å². The Labute approximate surface area is 110 Å². The molecule has 2 aromatic rings. The van der Waals surface area contributed by atoms with Gasteiger partial charge in [0.2, 0.25) is 0 Å². The Morgan fingerprint density at radius 3 is 2.72 bits per heavy atom. The summed E-state index contributed by atoms with van der Waals surface area (Å²) >= 11 is 5.84. The number of nitrogens with two attached hydrogens (primary N) is 1. The maximum Gasteiger partial charge on any atom is 0.131 e. The monoisotopic (exact) mass is 267 g/mol. The molecule has 5 heteroatoms. The molecule has 96 valence electrons. The second-order valence-corrected chi connectivity index (χ2v) is 4.64. The first kappa shape index (κ1) is 12.9. The summed E-state index contributed by atoms with van der Waals surface area (Å²) in [5.41, 5.74) is 7.25. The van der Waals surface area contributed by atoms with Gasteiger partial charge >= 0.3 is 0 Å². The standard InChI is InChI=1S/C13H15ClFN3/c1-3-4-18-8(2)17-12(13(18)16)9-5-10(14)7-11(15)6-9/h5-7H,3-4,16H2,1-2H3. The van der Waals surface area contributed by atoms with Crippen LogP contribution in [0.5, 0.6) is 0 Å². The highest BCUT2D eigenvalue weighted by Gasteiger charge is 2.14. The van der Waals surface area contributed by atoms with Gasteiger partial charge in [0.15, 0.2) is 0 Å². The summed E-state index contributed by atoms with van der Waals surface area (Å²) in [5, 5.41) is 0.340. The fourth-order valence-electron chi connectivity index (χ4n) is 1.99. The lowest BCUT2D eigenvalue weighted by Gasteiger charge is -2.05. The van der Waals surface area contributed by atoms with Gasteiger partial charge in [0.05, 0.1) is 0 Å². The number of benzene rings is 1. The molecule has 0 aliphatic carbocycles. The first-order valence-corrected chi connectivity index (χ1v) is 6.19. The number of nitrogen functional groups attached to an aromatic ring is 1. The Balaban J connectivity index is 2.54. The number of aryl methyl sites for hydroxylation is 1. The van der Waals surface area contributed by atoms with Crippen LogP contribution in [-0.2, 0) is 6.54 Å². The van der Waals surface area contributed by atoms with Crippen LogP contribution in [-0.4, -0.2) is 9.55 Å². The van der Waals surface area contributed by atoms with Crippen molar-refractivity contribution in [2.75, 3.05) is 5.73 Å². The van der Waals surface area contributed by atoms with Crippen molar-refractivity contribution < 1.29 is 4.39 Å². The smallest absolute Gasteiger partial charge is 0.131 e. The number of hydrogen-bond acceptors (Lipinski definition) is 2. The zero-order chi connectivity index (χ0) is 13.3. The van der Waals surface area contributed by atoms with Crippen molar-refractivity contribution in [3.8, 4) is 11.3 Å². The van der Waals surface area contributed by atoms with Gasteiger partial charge in [-0.05, 0) is 31.5 Å². The number of halogens is 2. The molecule has 0 spiro atoms. The van der Waals surface area contributed by atoms with Crippen molar-refractivity contribution in [1.29, 1.82) is 0 Å². The van der Waals surface area contributed by atoms with Crippen LogP contribution < -0.4 is 5.73 Å². The van der Waals surface area contributed by atoms with Gasteiger partial charge in [0, 0.05) is 17.1 Å². The van der Waals surface area contributed by atoms with Crippen molar-refractivity contribution in [3.63, 3.8) is 0 Å². The topological polar surface area (TPSA) is 43.8 Å². The fourth-order valence-corrected chi connectivity index (χ4v) is 2.21. The third-order valence-electron chi connectivity index (χ3n) is 2.78. The quantitative estimate of drug-likeness (QED) is 0.923. The second kappa shape index (κ2) is 4.98. The van der Waals surface area contributed by atoms with E-state index in [2.05, 4.69) is 11.9 Å². The summed E-state index contributed by atoms with van der Waals surface area (Å²) in [4.78, 5) is 4.39. The molecule has 1 aromatic carbocycles. The average molecular weight is 268 g/mol. The Morgan fingerprint density at radius 2 is 2.11 bits per heavy atom. The molecule has 1 heterocycles. The van der Waals surface area contributed by atoms with Crippen molar-refractivity contribution in [2.45, 2.75) is 26.8 Å². The number of anilines is 1. The van der Waals surface area contributed by atoms with Crippen LogP contribution >= 0.6 is 11.6 Å². The maximum atomic E-state index is 13.3. The van der Waals surface area contributed by atoms with Crippen LogP contribution in [0.3, 0.4) is 0 Å². The predicted octanol–water partition coefficient (Wildman–Crippen LogP) is 3.64. The minimum Gasteiger partial charge on any atom is -0.383 e. The van der Waals surface area contributed by atoms with E-state index >= 15 is 0 Å². The first-order valence-electron chi connectivity index (χ1n) is 5.82. The molecule has 0 unspecified atom stereocenters. The lowest BCUT2D eigenvalue weighted by molar-refractivity contribution is 0.628. The van der Waals surface area contributed by atoms with Crippen LogP contribution in [0.25, 0.3) is 11.3 Å². The van der Waals surface area contributed by atoms with Gasteiger partial charge in [0.1, 0.15) is 23.2 Å². The Bertz CT molecular complexity index is 558. The number of rotatable bonds is 3. The lowest BCUT2D eigenvalue weighted by atomic mass is 10.1. The highest BCUT2D eigenvalue weighted by Crippen LogP contribution is 2.29. The molecule has 1 aromatic heterocycles. The minimum atomic E-state index is -0.389. The Hall–Kier alpha value is -1.55. The van der Waals surface area contributed by atoms with Crippen LogP contribution in [0.4, 0.5) is 10.2 Å². The lowest BCUT2D eigenvalue weighted by Crippen LogP contribution is -2.04. The molecule has 0 saturated carbocycles. The normalized spacial score (nSPS) is 10.9. The van der Waals surface area contributed by atoms with Crippen molar-refractivity contribution in [2.24, 2.45) is 0 Å². The number of hydrogen-bond donors (Lipinski definition) is 1.